The second kappa shape index (κ2) is 9.16. The molecule has 2 fully saturated rings. The molecule has 31 heavy (non-hydrogen) atoms. The minimum absolute atomic E-state index is 0.110. The van der Waals surface area contributed by atoms with Crippen molar-refractivity contribution in [2.45, 2.75) is 32.1 Å². The van der Waals surface area contributed by atoms with Gasteiger partial charge >= 0.3 is 0 Å². The molecule has 2 aliphatic rings. The van der Waals surface area contributed by atoms with Gasteiger partial charge in [-0.25, -0.2) is 0 Å². The molecule has 4 nitrogen and oxygen atoms in total. The molecule has 5 heteroatoms. The SMILES string of the molecule is CC(C(=O)N1CCC2(CCN(C(=O)C#Cc3ccccc3)CC2)C1)c1ccc(Cl)cc1. The van der Waals surface area contributed by atoms with Gasteiger partial charge in [-0.1, -0.05) is 47.9 Å². The van der Waals surface area contributed by atoms with E-state index in [9.17, 15) is 9.59 Å². The van der Waals surface area contributed by atoms with Crippen LogP contribution in [-0.4, -0.2) is 47.8 Å². The average molecular weight is 435 g/mol. The van der Waals surface area contributed by atoms with Gasteiger partial charge in [-0.15, -0.1) is 0 Å². The highest BCUT2D eigenvalue weighted by Gasteiger charge is 2.43. The lowest BCUT2D eigenvalue weighted by Crippen LogP contribution is -2.44. The Morgan fingerprint density at radius 2 is 1.55 bits per heavy atom. The minimum Gasteiger partial charge on any atom is -0.342 e. The molecular weight excluding hydrogens is 408 g/mol. The van der Waals surface area contributed by atoms with Gasteiger partial charge in [0.25, 0.3) is 5.91 Å². The van der Waals surface area contributed by atoms with Crippen LogP contribution in [0.25, 0.3) is 0 Å². The number of carbonyl (C=O) groups is 2. The first-order valence-corrected chi connectivity index (χ1v) is 11.2. The summed E-state index contributed by atoms with van der Waals surface area (Å²) in [5.41, 5.74) is 1.97. The van der Waals surface area contributed by atoms with Gasteiger partial charge in [0.15, 0.2) is 0 Å². The fraction of sp³-hybridized carbons (Fsp3) is 0.385. The molecule has 160 valence electrons. The molecule has 0 radical (unpaired) electrons. The van der Waals surface area contributed by atoms with Gasteiger partial charge in [0.1, 0.15) is 0 Å². The van der Waals surface area contributed by atoms with Crippen molar-refractivity contribution < 1.29 is 9.59 Å². The molecule has 4 rings (SSSR count). The van der Waals surface area contributed by atoms with Crippen molar-refractivity contribution >= 4 is 23.4 Å². The maximum absolute atomic E-state index is 13.1. The van der Waals surface area contributed by atoms with E-state index in [0.29, 0.717) is 18.1 Å². The normalized spacial score (nSPS) is 18.4. The lowest BCUT2D eigenvalue weighted by molar-refractivity contribution is -0.132. The third-order valence-electron chi connectivity index (χ3n) is 6.69. The molecule has 0 bridgehead atoms. The first-order chi connectivity index (χ1) is 15.0. The van der Waals surface area contributed by atoms with Gasteiger partial charge in [-0.3, -0.25) is 9.59 Å². The topological polar surface area (TPSA) is 40.6 Å². The van der Waals surface area contributed by atoms with Crippen molar-refractivity contribution in [1.82, 2.24) is 9.80 Å². The van der Waals surface area contributed by atoms with Gasteiger partial charge in [0.05, 0.1) is 5.92 Å². The molecule has 1 spiro atoms. The Morgan fingerprint density at radius 3 is 2.19 bits per heavy atom. The van der Waals surface area contributed by atoms with Crippen LogP contribution in [-0.2, 0) is 9.59 Å². The Kier molecular flexibility index (Phi) is 6.34. The summed E-state index contributed by atoms with van der Waals surface area (Å²) in [5.74, 6) is 5.61. The van der Waals surface area contributed by atoms with E-state index in [-0.39, 0.29) is 23.1 Å². The van der Waals surface area contributed by atoms with E-state index >= 15 is 0 Å². The van der Waals surface area contributed by atoms with Crippen LogP contribution in [0, 0.1) is 17.3 Å². The van der Waals surface area contributed by atoms with Gasteiger partial charge < -0.3 is 9.80 Å². The molecule has 1 atom stereocenters. The molecule has 0 saturated carbocycles. The zero-order valence-corrected chi connectivity index (χ0v) is 18.6. The molecule has 2 aliphatic heterocycles. The second-order valence-corrected chi connectivity index (χ2v) is 9.13. The Bertz CT molecular complexity index is 999. The van der Waals surface area contributed by atoms with Crippen LogP contribution in [0.3, 0.4) is 0 Å². The van der Waals surface area contributed by atoms with Crippen LogP contribution in [0.1, 0.15) is 43.2 Å². The largest absolute Gasteiger partial charge is 0.342 e. The zero-order valence-electron chi connectivity index (χ0n) is 17.8. The van der Waals surface area contributed by atoms with Gasteiger partial charge in [0, 0.05) is 42.7 Å². The third-order valence-corrected chi connectivity index (χ3v) is 6.94. The number of nitrogens with zero attached hydrogens (tertiary/aromatic N) is 2. The third kappa shape index (κ3) is 4.94. The Labute approximate surface area is 189 Å². The summed E-state index contributed by atoms with van der Waals surface area (Å²) in [6, 6.07) is 17.1. The van der Waals surface area contributed by atoms with Crippen molar-refractivity contribution in [3.8, 4) is 11.8 Å². The highest BCUT2D eigenvalue weighted by atomic mass is 35.5. The molecule has 2 heterocycles. The summed E-state index contributed by atoms with van der Waals surface area (Å²) in [6.07, 6.45) is 2.85. The monoisotopic (exact) mass is 434 g/mol. The molecule has 2 aromatic carbocycles. The predicted molar refractivity (Wildman–Crippen MR) is 123 cm³/mol. The van der Waals surface area contributed by atoms with E-state index in [0.717, 1.165) is 43.5 Å². The van der Waals surface area contributed by atoms with Crippen LogP contribution >= 0.6 is 11.6 Å². The Morgan fingerprint density at radius 1 is 0.935 bits per heavy atom. The Balaban J connectivity index is 1.32. The van der Waals surface area contributed by atoms with Crippen molar-refractivity contribution in [3.63, 3.8) is 0 Å². The van der Waals surface area contributed by atoms with Crippen LogP contribution in [0.2, 0.25) is 5.02 Å². The molecule has 2 aromatic rings. The summed E-state index contributed by atoms with van der Waals surface area (Å²) < 4.78 is 0. The summed E-state index contributed by atoms with van der Waals surface area (Å²) in [5, 5.41) is 0.679. The highest BCUT2D eigenvalue weighted by Crippen LogP contribution is 2.41. The molecule has 1 unspecified atom stereocenters. The van der Waals surface area contributed by atoms with Crippen LogP contribution in [0.4, 0.5) is 0 Å². The van der Waals surface area contributed by atoms with Crippen molar-refractivity contribution in [2.24, 2.45) is 5.41 Å². The zero-order chi connectivity index (χ0) is 21.8. The van der Waals surface area contributed by atoms with E-state index in [1.165, 1.54) is 0 Å². The number of carbonyl (C=O) groups excluding carboxylic acids is 2. The van der Waals surface area contributed by atoms with Crippen LogP contribution < -0.4 is 0 Å². The van der Waals surface area contributed by atoms with E-state index in [2.05, 4.69) is 11.8 Å². The number of amides is 2. The first-order valence-electron chi connectivity index (χ1n) is 10.9. The quantitative estimate of drug-likeness (QED) is 0.660. The van der Waals surface area contributed by atoms with Crippen LogP contribution in [0.5, 0.6) is 0 Å². The number of benzene rings is 2. The molecule has 0 aromatic heterocycles. The van der Waals surface area contributed by atoms with Crippen molar-refractivity contribution in [2.75, 3.05) is 26.2 Å². The fourth-order valence-electron chi connectivity index (χ4n) is 4.61. The number of likely N-dealkylation sites (tertiary alicyclic amines) is 2. The minimum atomic E-state index is -0.178. The maximum Gasteiger partial charge on any atom is 0.298 e. The number of hydrogen-bond donors (Lipinski definition) is 0. The standard InChI is InChI=1S/C26H27ClN2O2/c1-20(22-8-10-23(27)11-9-22)25(31)29-18-15-26(19-29)13-16-28(17-14-26)24(30)12-7-21-5-3-2-4-6-21/h2-6,8-11,20H,13-19H2,1H3. The van der Waals surface area contributed by atoms with E-state index in [1.807, 2.05) is 71.3 Å². The molecule has 2 amide bonds. The van der Waals surface area contributed by atoms with Crippen molar-refractivity contribution in [1.29, 1.82) is 0 Å². The number of piperidine rings is 1. The number of rotatable bonds is 2. The molecule has 0 N–H and O–H groups in total. The fourth-order valence-corrected chi connectivity index (χ4v) is 4.74. The molecular formula is C26H27ClN2O2. The van der Waals surface area contributed by atoms with Gasteiger partial charge in [0.2, 0.25) is 5.91 Å². The second-order valence-electron chi connectivity index (χ2n) is 8.69. The molecule has 0 aliphatic carbocycles. The summed E-state index contributed by atoms with van der Waals surface area (Å²) in [4.78, 5) is 29.4. The maximum atomic E-state index is 13.1. The van der Waals surface area contributed by atoms with Crippen molar-refractivity contribution in [3.05, 3.63) is 70.7 Å². The van der Waals surface area contributed by atoms with Gasteiger partial charge in [-0.05, 0) is 61.4 Å². The molecule has 2 saturated heterocycles. The number of halogens is 1. The summed E-state index contributed by atoms with van der Waals surface area (Å²) in [7, 11) is 0. The van der Waals surface area contributed by atoms with E-state index in [1.54, 1.807) is 0 Å². The average Bonchev–Trinajstić information content (AvgIpc) is 3.21. The Hall–Kier alpha value is -2.77. The number of hydrogen-bond acceptors (Lipinski definition) is 2. The summed E-state index contributed by atoms with van der Waals surface area (Å²) >= 11 is 5.97. The smallest absolute Gasteiger partial charge is 0.298 e. The first kappa shape index (κ1) is 21.5. The van der Waals surface area contributed by atoms with Gasteiger partial charge in [-0.2, -0.15) is 0 Å². The lowest BCUT2D eigenvalue weighted by Gasteiger charge is -2.38. The highest BCUT2D eigenvalue weighted by molar-refractivity contribution is 6.30. The van der Waals surface area contributed by atoms with E-state index < -0.39 is 0 Å². The van der Waals surface area contributed by atoms with E-state index in [4.69, 9.17) is 11.6 Å². The summed E-state index contributed by atoms with van der Waals surface area (Å²) in [6.45, 7) is 4.94. The predicted octanol–water partition coefficient (Wildman–Crippen LogP) is 4.34. The van der Waals surface area contributed by atoms with Crippen LogP contribution in [0.15, 0.2) is 54.6 Å². The lowest BCUT2D eigenvalue weighted by atomic mass is 9.77.